The molecule has 4 nitrogen and oxygen atoms in total. The third kappa shape index (κ3) is 4.13. The standard InChI is InChI=1S/C15H18N2O2S/c1-15(2,3)19-14(18)9-20-13-7-4-10-8-11(16)5-6-12(10)17-13/h4-8H,9,16H2,1-3H3. The summed E-state index contributed by atoms with van der Waals surface area (Å²) in [5, 5.41) is 1.79. The zero-order valence-electron chi connectivity index (χ0n) is 11.8. The fourth-order valence-electron chi connectivity index (χ4n) is 1.71. The molecule has 0 unspecified atom stereocenters. The number of nitrogens with zero attached hydrogens (tertiary/aromatic N) is 1. The number of rotatable bonds is 3. The number of aromatic nitrogens is 1. The summed E-state index contributed by atoms with van der Waals surface area (Å²) in [5.74, 6) is 0.0202. The van der Waals surface area contributed by atoms with E-state index < -0.39 is 5.60 Å². The first kappa shape index (κ1) is 14.7. The molecule has 0 aliphatic rings. The number of nitrogens with two attached hydrogens (primary N) is 1. The number of ether oxygens (including phenoxy) is 1. The van der Waals surface area contributed by atoms with Gasteiger partial charge in [-0.05, 0) is 45.0 Å². The van der Waals surface area contributed by atoms with Crippen molar-refractivity contribution in [3.63, 3.8) is 0 Å². The molecule has 0 atom stereocenters. The first-order chi connectivity index (χ1) is 9.33. The maximum Gasteiger partial charge on any atom is 0.316 e. The summed E-state index contributed by atoms with van der Waals surface area (Å²) < 4.78 is 5.26. The van der Waals surface area contributed by atoms with E-state index in [1.54, 1.807) is 0 Å². The van der Waals surface area contributed by atoms with Gasteiger partial charge in [0.2, 0.25) is 0 Å². The SMILES string of the molecule is CC(C)(C)OC(=O)CSc1ccc2cc(N)ccc2n1. The average molecular weight is 290 g/mol. The summed E-state index contributed by atoms with van der Waals surface area (Å²) in [5.41, 5.74) is 6.86. The molecule has 1 aromatic carbocycles. The van der Waals surface area contributed by atoms with Crippen molar-refractivity contribution >= 4 is 34.3 Å². The van der Waals surface area contributed by atoms with Gasteiger partial charge in [0, 0.05) is 11.1 Å². The average Bonchev–Trinajstić information content (AvgIpc) is 2.34. The van der Waals surface area contributed by atoms with Crippen molar-refractivity contribution in [2.45, 2.75) is 31.4 Å². The highest BCUT2D eigenvalue weighted by molar-refractivity contribution is 7.99. The summed E-state index contributed by atoms with van der Waals surface area (Å²) in [6.07, 6.45) is 0. The van der Waals surface area contributed by atoms with E-state index in [9.17, 15) is 4.79 Å². The molecular formula is C15H18N2O2S. The maximum absolute atomic E-state index is 11.7. The predicted molar refractivity (Wildman–Crippen MR) is 82.7 cm³/mol. The number of esters is 1. The predicted octanol–water partition coefficient (Wildman–Crippen LogP) is 3.25. The van der Waals surface area contributed by atoms with E-state index in [4.69, 9.17) is 10.5 Å². The van der Waals surface area contributed by atoms with Crippen LogP contribution < -0.4 is 5.73 Å². The van der Waals surface area contributed by atoms with Crippen LogP contribution in [-0.2, 0) is 9.53 Å². The van der Waals surface area contributed by atoms with Gasteiger partial charge in [0.05, 0.1) is 16.3 Å². The molecule has 2 N–H and O–H groups in total. The Labute approximate surface area is 122 Å². The smallest absolute Gasteiger partial charge is 0.316 e. The number of nitrogen functional groups attached to an aromatic ring is 1. The number of fused-ring (bicyclic) bond motifs is 1. The molecule has 0 radical (unpaired) electrons. The topological polar surface area (TPSA) is 65.2 Å². The second-order valence-corrected chi connectivity index (χ2v) is 6.47. The van der Waals surface area contributed by atoms with Crippen LogP contribution in [0.25, 0.3) is 10.9 Å². The molecule has 0 aliphatic carbocycles. The number of benzene rings is 1. The Kier molecular flexibility index (Phi) is 4.18. The third-order valence-corrected chi connectivity index (χ3v) is 3.35. The Morgan fingerprint density at radius 1 is 1.30 bits per heavy atom. The van der Waals surface area contributed by atoms with Crippen LogP contribution >= 0.6 is 11.8 Å². The van der Waals surface area contributed by atoms with E-state index in [0.29, 0.717) is 5.69 Å². The van der Waals surface area contributed by atoms with Crippen LogP contribution in [0.15, 0.2) is 35.4 Å². The number of carbonyl (C=O) groups is 1. The van der Waals surface area contributed by atoms with Gasteiger partial charge in [-0.15, -0.1) is 0 Å². The summed E-state index contributed by atoms with van der Waals surface area (Å²) in [6, 6.07) is 9.41. The Balaban J connectivity index is 2.03. The Hall–Kier alpha value is -1.75. The Bertz CT molecular complexity index is 635. The van der Waals surface area contributed by atoms with E-state index >= 15 is 0 Å². The van der Waals surface area contributed by atoms with Gasteiger partial charge in [0.25, 0.3) is 0 Å². The molecule has 106 valence electrons. The highest BCUT2D eigenvalue weighted by atomic mass is 32.2. The van der Waals surface area contributed by atoms with Gasteiger partial charge in [-0.25, -0.2) is 4.98 Å². The van der Waals surface area contributed by atoms with Gasteiger partial charge in [0.15, 0.2) is 0 Å². The number of anilines is 1. The molecule has 0 amide bonds. The summed E-state index contributed by atoms with van der Waals surface area (Å²) >= 11 is 1.37. The monoisotopic (exact) mass is 290 g/mol. The molecule has 1 heterocycles. The van der Waals surface area contributed by atoms with Crippen LogP contribution in [0.5, 0.6) is 0 Å². The van der Waals surface area contributed by atoms with E-state index in [0.717, 1.165) is 15.9 Å². The van der Waals surface area contributed by atoms with E-state index in [-0.39, 0.29) is 11.7 Å². The molecule has 2 rings (SSSR count). The lowest BCUT2D eigenvalue weighted by Crippen LogP contribution is -2.24. The number of hydrogen-bond acceptors (Lipinski definition) is 5. The zero-order valence-corrected chi connectivity index (χ0v) is 12.7. The highest BCUT2D eigenvalue weighted by Gasteiger charge is 2.16. The van der Waals surface area contributed by atoms with Gasteiger partial charge in [0.1, 0.15) is 5.60 Å². The van der Waals surface area contributed by atoms with Crippen molar-refractivity contribution in [1.29, 1.82) is 0 Å². The minimum atomic E-state index is -0.452. The van der Waals surface area contributed by atoms with Crippen LogP contribution in [0.1, 0.15) is 20.8 Å². The van der Waals surface area contributed by atoms with Gasteiger partial charge < -0.3 is 10.5 Å². The Morgan fingerprint density at radius 2 is 2.05 bits per heavy atom. The first-order valence-electron chi connectivity index (χ1n) is 6.34. The minimum absolute atomic E-state index is 0.235. The normalized spacial score (nSPS) is 11.6. The zero-order chi connectivity index (χ0) is 14.8. The van der Waals surface area contributed by atoms with E-state index in [2.05, 4.69) is 4.98 Å². The fourth-order valence-corrected chi connectivity index (χ4v) is 2.36. The molecule has 20 heavy (non-hydrogen) atoms. The molecular weight excluding hydrogens is 272 g/mol. The van der Waals surface area contributed by atoms with Crippen molar-refractivity contribution in [3.05, 3.63) is 30.3 Å². The lowest BCUT2D eigenvalue weighted by Gasteiger charge is -2.19. The van der Waals surface area contributed by atoms with Gasteiger partial charge in [-0.1, -0.05) is 17.8 Å². The van der Waals surface area contributed by atoms with Crippen molar-refractivity contribution in [3.8, 4) is 0 Å². The lowest BCUT2D eigenvalue weighted by molar-refractivity contribution is -0.151. The fraction of sp³-hybridized carbons (Fsp3) is 0.333. The quantitative estimate of drug-likeness (QED) is 0.534. The van der Waals surface area contributed by atoms with Crippen LogP contribution in [0, 0.1) is 0 Å². The molecule has 0 fully saturated rings. The molecule has 0 bridgehead atoms. The van der Waals surface area contributed by atoms with Crippen molar-refractivity contribution in [1.82, 2.24) is 4.98 Å². The molecule has 0 aliphatic heterocycles. The van der Waals surface area contributed by atoms with Crippen molar-refractivity contribution in [2.75, 3.05) is 11.5 Å². The van der Waals surface area contributed by atoms with Crippen LogP contribution in [0.4, 0.5) is 5.69 Å². The van der Waals surface area contributed by atoms with Crippen LogP contribution in [-0.4, -0.2) is 22.3 Å². The summed E-state index contributed by atoms with van der Waals surface area (Å²) in [6.45, 7) is 5.57. The number of thioether (sulfide) groups is 1. The molecule has 5 heteroatoms. The number of hydrogen-bond donors (Lipinski definition) is 1. The molecule has 0 saturated heterocycles. The summed E-state index contributed by atoms with van der Waals surface area (Å²) in [7, 11) is 0. The van der Waals surface area contributed by atoms with Crippen molar-refractivity contribution < 1.29 is 9.53 Å². The highest BCUT2D eigenvalue weighted by Crippen LogP contribution is 2.22. The van der Waals surface area contributed by atoms with Gasteiger partial charge in [-0.3, -0.25) is 4.79 Å². The molecule has 1 aromatic heterocycles. The third-order valence-electron chi connectivity index (χ3n) is 2.45. The number of pyridine rings is 1. The minimum Gasteiger partial charge on any atom is -0.459 e. The van der Waals surface area contributed by atoms with Crippen molar-refractivity contribution in [2.24, 2.45) is 0 Å². The molecule has 0 spiro atoms. The second-order valence-electron chi connectivity index (χ2n) is 5.48. The summed E-state index contributed by atoms with van der Waals surface area (Å²) in [4.78, 5) is 16.1. The van der Waals surface area contributed by atoms with E-state index in [1.165, 1.54) is 11.8 Å². The van der Waals surface area contributed by atoms with E-state index in [1.807, 2.05) is 51.1 Å². The lowest BCUT2D eigenvalue weighted by atomic mass is 10.2. The Morgan fingerprint density at radius 3 is 2.75 bits per heavy atom. The molecule has 0 saturated carbocycles. The molecule has 2 aromatic rings. The van der Waals surface area contributed by atoms with Crippen LogP contribution in [0.3, 0.4) is 0 Å². The largest absolute Gasteiger partial charge is 0.459 e. The number of carbonyl (C=O) groups excluding carboxylic acids is 1. The first-order valence-corrected chi connectivity index (χ1v) is 7.33. The van der Waals surface area contributed by atoms with Crippen LogP contribution in [0.2, 0.25) is 0 Å². The second kappa shape index (κ2) is 5.71. The maximum atomic E-state index is 11.7. The van der Waals surface area contributed by atoms with Gasteiger partial charge in [-0.2, -0.15) is 0 Å². The van der Waals surface area contributed by atoms with Gasteiger partial charge >= 0.3 is 5.97 Å².